The van der Waals surface area contributed by atoms with Gasteiger partial charge in [0.25, 0.3) is 0 Å². The number of carbonyl (C=O) groups is 2. The summed E-state index contributed by atoms with van der Waals surface area (Å²) in [6.07, 6.45) is 2.21. The van der Waals surface area contributed by atoms with Crippen LogP contribution in [0.3, 0.4) is 0 Å². The Morgan fingerprint density at radius 3 is 1.78 bits per heavy atom. The van der Waals surface area contributed by atoms with Crippen molar-refractivity contribution in [1.82, 2.24) is 0 Å². The van der Waals surface area contributed by atoms with Crippen LogP contribution in [0.5, 0.6) is 0 Å². The fourth-order valence-electron chi connectivity index (χ4n) is 0.733. The number of ether oxygens (including phenoxy) is 2. The summed E-state index contributed by atoms with van der Waals surface area (Å²) in [6.45, 7) is 9.20. The molecule has 0 aliphatic rings. The van der Waals surface area contributed by atoms with Gasteiger partial charge in [0, 0.05) is 18.3 Å². The molecule has 8 heteroatoms. The van der Waals surface area contributed by atoms with Gasteiger partial charge in [-0.15, -0.1) is 0 Å². The Labute approximate surface area is 136 Å². The monoisotopic (exact) mass is 336 g/mol. The lowest BCUT2D eigenvalue weighted by atomic mass is 10.3. The number of esters is 1. The Morgan fingerprint density at radius 2 is 1.48 bits per heavy atom. The Kier molecular flexibility index (Phi) is 25.6. The first-order chi connectivity index (χ1) is 10.9. The normalized spacial score (nSPS) is 8.70. The first-order valence-electron chi connectivity index (χ1n) is 6.95. The van der Waals surface area contributed by atoms with E-state index in [1.54, 1.807) is 6.92 Å². The third kappa shape index (κ3) is 33.2. The Hall–Kier alpha value is -1.74. The largest absolute Gasteiger partial charge is 0.478 e. The van der Waals surface area contributed by atoms with E-state index in [9.17, 15) is 9.59 Å². The van der Waals surface area contributed by atoms with Crippen LogP contribution in [0.25, 0.3) is 0 Å². The minimum Gasteiger partial charge on any atom is -0.478 e. The molecule has 0 rings (SSSR count). The molecule has 0 aromatic heterocycles. The van der Waals surface area contributed by atoms with Gasteiger partial charge in [-0.1, -0.05) is 13.2 Å². The molecular formula is C15H28O8. The fourth-order valence-corrected chi connectivity index (χ4v) is 0.733. The van der Waals surface area contributed by atoms with Crippen LogP contribution in [0.1, 0.15) is 19.8 Å². The molecule has 8 nitrogen and oxygen atoms in total. The highest BCUT2D eigenvalue weighted by Gasteiger charge is 2.00. The SMILES string of the molecule is C=C(C)C(=O)OCCCCO.C=CC(=O)O.OCCOCCO. The summed E-state index contributed by atoms with van der Waals surface area (Å²) >= 11 is 0. The maximum atomic E-state index is 10.7. The number of rotatable bonds is 10. The lowest BCUT2D eigenvalue weighted by Gasteiger charge is -2.01. The number of unbranched alkanes of at least 4 members (excludes halogenated alkanes) is 1. The summed E-state index contributed by atoms with van der Waals surface area (Å²) < 4.78 is 9.39. The predicted molar refractivity (Wildman–Crippen MR) is 84.9 cm³/mol. The van der Waals surface area contributed by atoms with Gasteiger partial charge >= 0.3 is 11.9 Å². The molecular weight excluding hydrogens is 308 g/mol. The number of carboxylic acid groups (broad SMARTS) is 1. The molecule has 0 aliphatic carbocycles. The highest BCUT2D eigenvalue weighted by Crippen LogP contribution is 1.94. The molecule has 0 bridgehead atoms. The van der Waals surface area contributed by atoms with E-state index in [0.29, 0.717) is 38.2 Å². The fraction of sp³-hybridized carbons (Fsp3) is 0.600. The lowest BCUT2D eigenvalue weighted by Crippen LogP contribution is -2.06. The Bertz CT molecular complexity index is 311. The minimum absolute atomic E-state index is 0.0278. The smallest absolute Gasteiger partial charge is 0.333 e. The average molecular weight is 336 g/mol. The van der Waals surface area contributed by atoms with Gasteiger partial charge in [0.1, 0.15) is 0 Å². The number of carbonyl (C=O) groups excluding carboxylic acids is 1. The number of aliphatic hydroxyl groups is 3. The molecule has 23 heavy (non-hydrogen) atoms. The summed E-state index contributed by atoms with van der Waals surface area (Å²) in [5.74, 6) is -1.34. The van der Waals surface area contributed by atoms with E-state index in [0.717, 1.165) is 6.08 Å². The van der Waals surface area contributed by atoms with Crippen LogP contribution < -0.4 is 0 Å². The zero-order chi connectivity index (χ0) is 18.5. The topological polar surface area (TPSA) is 134 Å². The number of hydrogen-bond acceptors (Lipinski definition) is 7. The van der Waals surface area contributed by atoms with Gasteiger partial charge in [-0.3, -0.25) is 0 Å². The van der Waals surface area contributed by atoms with Crippen LogP contribution in [0.4, 0.5) is 0 Å². The Morgan fingerprint density at radius 1 is 1.00 bits per heavy atom. The van der Waals surface area contributed by atoms with Gasteiger partial charge in [0.15, 0.2) is 0 Å². The van der Waals surface area contributed by atoms with E-state index < -0.39 is 5.97 Å². The molecule has 0 aliphatic heterocycles. The van der Waals surface area contributed by atoms with E-state index in [4.69, 9.17) is 25.2 Å². The zero-order valence-electron chi connectivity index (χ0n) is 13.6. The molecule has 0 radical (unpaired) electrons. The highest BCUT2D eigenvalue weighted by molar-refractivity contribution is 5.86. The zero-order valence-corrected chi connectivity index (χ0v) is 13.6. The third-order valence-electron chi connectivity index (χ3n) is 1.78. The molecule has 0 aromatic rings. The van der Waals surface area contributed by atoms with Crippen molar-refractivity contribution in [2.24, 2.45) is 0 Å². The molecule has 0 saturated heterocycles. The van der Waals surface area contributed by atoms with Gasteiger partial charge in [-0.25, -0.2) is 9.59 Å². The first-order valence-corrected chi connectivity index (χ1v) is 6.95. The van der Waals surface area contributed by atoms with Gasteiger partial charge < -0.3 is 29.9 Å². The molecule has 0 amide bonds. The van der Waals surface area contributed by atoms with E-state index in [-0.39, 0.29) is 25.8 Å². The van der Waals surface area contributed by atoms with Crippen molar-refractivity contribution in [2.45, 2.75) is 19.8 Å². The van der Waals surface area contributed by atoms with E-state index >= 15 is 0 Å². The standard InChI is InChI=1S/C8H14O3.C4H10O3.C3H4O2/c1-7(2)8(10)11-6-4-3-5-9;5-1-3-7-4-2-6;1-2-3(4)5/h9H,1,3-6H2,2H3;5-6H,1-4H2;2H,1H2,(H,4,5). The average Bonchev–Trinajstić information content (AvgIpc) is 2.53. The molecule has 0 atom stereocenters. The number of aliphatic carboxylic acids is 1. The second kappa shape index (κ2) is 22.5. The van der Waals surface area contributed by atoms with Crippen molar-refractivity contribution in [1.29, 1.82) is 0 Å². The summed E-state index contributed by atoms with van der Waals surface area (Å²) in [4.78, 5) is 20.0. The van der Waals surface area contributed by atoms with Crippen LogP contribution in [-0.2, 0) is 19.1 Å². The van der Waals surface area contributed by atoms with Crippen molar-refractivity contribution in [3.8, 4) is 0 Å². The van der Waals surface area contributed by atoms with E-state index in [1.165, 1.54) is 0 Å². The molecule has 136 valence electrons. The van der Waals surface area contributed by atoms with Gasteiger partial charge in [0.2, 0.25) is 0 Å². The molecule has 0 fully saturated rings. The molecule has 0 unspecified atom stereocenters. The van der Waals surface area contributed by atoms with Crippen LogP contribution in [-0.4, -0.2) is 72.0 Å². The summed E-state index contributed by atoms with van der Waals surface area (Å²) in [5.41, 5.74) is 0.411. The molecule has 0 heterocycles. The van der Waals surface area contributed by atoms with Gasteiger partial charge in [-0.05, 0) is 19.8 Å². The molecule has 4 N–H and O–H groups in total. The van der Waals surface area contributed by atoms with Crippen molar-refractivity contribution in [3.05, 3.63) is 24.8 Å². The van der Waals surface area contributed by atoms with Gasteiger partial charge in [0.05, 0.1) is 33.0 Å². The second-order valence-corrected chi connectivity index (χ2v) is 3.95. The molecule has 0 aromatic carbocycles. The van der Waals surface area contributed by atoms with Gasteiger partial charge in [-0.2, -0.15) is 0 Å². The van der Waals surface area contributed by atoms with Crippen molar-refractivity contribution < 1.29 is 39.5 Å². The second-order valence-electron chi connectivity index (χ2n) is 3.95. The van der Waals surface area contributed by atoms with Crippen LogP contribution in [0.15, 0.2) is 24.8 Å². The molecule has 0 spiro atoms. The van der Waals surface area contributed by atoms with E-state index in [1.807, 2.05) is 0 Å². The summed E-state index contributed by atoms with van der Waals surface area (Å²) in [5, 5.41) is 32.2. The third-order valence-corrected chi connectivity index (χ3v) is 1.78. The van der Waals surface area contributed by atoms with Crippen LogP contribution in [0.2, 0.25) is 0 Å². The highest BCUT2D eigenvalue weighted by atomic mass is 16.5. The van der Waals surface area contributed by atoms with E-state index in [2.05, 4.69) is 17.9 Å². The first kappa shape index (κ1) is 26.2. The number of hydrogen-bond donors (Lipinski definition) is 4. The predicted octanol–water partition coefficient (Wildman–Crippen LogP) is 0.123. The van der Waals surface area contributed by atoms with Crippen molar-refractivity contribution >= 4 is 11.9 Å². The lowest BCUT2D eigenvalue weighted by molar-refractivity contribution is -0.139. The Balaban J connectivity index is -0.000000286. The van der Waals surface area contributed by atoms with Crippen molar-refractivity contribution in [3.63, 3.8) is 0 Å². The van der Waals surface area contributed by atoms with Crippen LogP contribution >= 0.6 is 0 Å². The maximum absolute atomic E-state index is 10.7. The maximum Gasteiger partial charge on any atom is 0.333 e. The van der Waals surface area contributed by atoms with Crippen LogP contribution in [0, 0.1) is 0 Å². The summed E-state index contributed by atoms with van der Waals surface area (Å²) in [7, 11) is 0. The minimum atomic E-state index is -0.981. The quantitative estimate of drug-likeness (QED) is 0.251. The number of aliphatic hydroxyl groups excluding tert-OH is 3. The summed E-state index contributed by atoms with van der Waals surface area (Å²) in [6, 6.07) is 0. The number of carboxylic acids is 1. The molecule has 0 saturated carbocycles. The van der Waals surface area contributed by atoms with Crippen molar-refractivity contribution in [2.75, 3.05) is 39.6 Å².